The number of benzene rings is 2. The molecular formula is C14H10BrF3O. The van der Waals surface area contributed by atoms with E-state index in [4.69, 9.17) is 0 Å². The van der Waals surface area contributed by atoms with Gasteiger partial charge in [0, 0.05) is 22.5 Å². The van der Waals surface area contributed by atoms with Crippen LogP contribution in [0.25, 0.3) is 0 Å². The predicted molar refractivity (Wildman–Crippen MR) is 69.1 cm³/mol. The SMILES string of the molecule is OC(Cc1cc(F)cc(F)c1)c1c(F)cccc1Br. The molecule has 1 unspecified atom stereocenters. The van der Waals surface area contributed by atoms with Crippen molar-refractivity contribution in [1.29, 1.82) is 0 Å². The van der Waals surface area contributed by atoms with Gasteiger partial charge in [0.1, 0.15) is 17.5 Å². The van der Waals surface area contributed by atoms with Crippen molar-refractivity contribution < 1.29 is 18.3 Å². The average molecular weight is 331 g/mol. The standard InChI is InChI=1S/C14H10BrF3O/c15-11-2-1-3-12(18)14(11)13(19)6-8-4-9(16)7-10(17)5-8/h1-5,7,13,19H,6H2. The molecule has 0 bridgehead atoms. The molecule has 0 fully saturated rings. The highest BCUT2D eigenvalue weighted by Crippen LogP contribution is 2.28. The van der Waals surface area contributed by atoms with Gasteiger partial charge in [-0.3, -0.25) is 0 Å². The molecule has 0 saturated heterocycles. The maximum absolute atomic E-state index is 13.6. The van der Waals surface area contributed by atoms with E-state index >= 15 is 0 Å². The Morgan fingerprint density at radius 1 is 1.05 bits per heavy atom. The summed E-state index contributed by atoms with van der Waals surface area (Å²) in [7, 11) is 0. The molecule has 1 N–H and O–H groups in total. The van der Waals surface area contributed by atoms with Gasteiger partial charge in [-0.25, -0.2) is 13.2 Å². The molecule has 19 heavy (non-hydrogen) atoms. The number of halogens is 4. The van der Waals surface area contributed by atoms with E-state index in [1.54, 1.807) is 6.07 Å². The number of hydrogen-bond donors (Lipinski definition) is 1. The van der Waals surface area contributed by atoms with E-state index in [1.165, 1.54) is 12.1 Å². The lowest BCUT2D eigenvalue weighted by atomic mass is 10.0. The Bertz CT molecular complexity index is 561. The highest BCUT2D eigenvalue weighted by molar-refractivity contribution is 9.10. The first kappa shape index (κ1) is 14.1. The fourth-order valence-corrected chi connectivity index (χ4v) is 2.49. The normalized spacial score (nSPS) is 12.5. The van der Waals surface area contributed by atoms with Crippen molar-refractivity contribution in [2.75, 3.05) is 0 Å². The molecule has 1 atom stereocenters. The molecule has 0 aromatic heterocycles. The van der Waals surface area contributed by atoms with Crippen molar-refractivity contribution in [2.45, 2.75) is 12.5 Å². The molecular weight excluding hydrogens is 321 g/mol. The Morgan fingerprint density at radius 3 is 2.26 bits per heavy atom. The summed E-state index contributed by atoms with van der Waals surface area (Å²) in [5.41, 5.74) is 0.340. The van der Waals surface area contributed by atoms with Crippen LogP contribution in [-0.4, -0.2) is 5.11 Å². The van der Waals surface area contributed by atoms with E-state index in [0.717, 1.165) is 18.2 Å². The van der Waals surface area contributed by atoms with Gasteiger partial charge < -0.3 is 5.11 Å². The molecule has 0 aliphatic carbocycles. The molecule has 0 saturated carbocycles. The lowest BCUT2D eigenvalue weighted by Crippen LogP contribution is -2.06. The Hall–Kier alpha value is -1.33. The second-order valence-corrected chi connectivity index (χ2v) is 4.99. The summed E-state index contributed by atoms with van der Waals surface area (Å²) < 4.78 is 40.1. The molecule has 100 valence electrons. The molecule has 0 amide bonds. The Balaban J connectivity index is 2.28. The van der Waals surface area contributed by atoms with Crippen LogP contribution in [0.3, 0.4) is 0 Å². The fraction of sp³-hybridized carbons (Fsp3) is 0.143. The largest absolute Gasteiger partial charge is 0.388 e. The van der Waals surface area contributed by atoms with Gasteiger partial charge in [-0.05, 0) is 29.8 Å². The third-order valence-electron chi connectivity index (χ3n) is 2.68. The van der Waals surface area contributed by atoms with E-state index in [1.807, 2.05) is 0 Å². The Morgan fingerprint density at radius 2 is 1.68 bits per heavy atom. The van der Waals surface area contributed by atoms with Crippen molar-refractivity contribution in [3.05, 3.63) is 69.4 Å². The molecule has 5 heteroatoms. The van der Waals surface area contributed by atoms with Gasteiger partial charge >= 0.3 is 0 Å². The first-order valence-electron chi connectivity index (χ1n) is 5.54. The minimum Gasteiger partial charge on any atom is -0.388 e. The summed E-state index contributed by atoms with van der Waals surface area (Å²) >= 11 is 3.14. The van der Waals surface area contributed by atoms with Crippen LogP contribution in [0.15, 0.2) is 40.9 Å². The van der Waals surface area contributed by atoms with Crippen molar-refractivity contribution in [3.8, 4) is 0 Å². The highest BCUT2D eigenvalue weighted by atomic mass is 79.9. The first-order chi connectivity index (χ1) is 8.97. The summed E-state index contributed by atoms with van der Waals surface area (Å²) in [6, 6.07) is 7.28. The summed E-state index contributed by atoms with van der Waals surface area (Å²) in [6.07, 6.45) is -1.26. The van der Waals surface area contributed by atoms with E-state index in [9.17, 15) is 18.3 Å². The third kappa shape index (κ3) is 3.36. The molecule has 0 heterocycles. The summed E-state index contributed by atoms with van der Waals surface area (Å²) in [5.74, 6) is -2.02. The molecule has 2 aromatic rings. The van der Waals surface area contributed by atoms with Crippen molar-refractivity contribution in [1.82, 2.24) is 0 Å². The number of aliphatic hydroxyl groups excluding tert-OH is 1. The monoisotopic (exact) mass is 330 g/mol. The molecule has 0 radical (unpaired) electrons. The number of aliphatic hydroxyl groups is 1. The molecule has 1 nitrogen and oxygen atoms in total. The van der Waals surface area contributed by atoms with Crippen LogP contribution in [0, 0.1) is 17.5 Å². The minimum atomic E-state index is -1.18. The van der Waals surface area contributed by atoms with Crippen molar-refractivity contribution in [2.24, 2.45) is 0 Å². The quantitative estimate of drug-likeness (QED) is 0.896. The van der Waals surface area contributed by atoms with Crippen molar-refractivity contribution >= 4 is 15.9 Å². The van der Waals surface area contributed by atoms with Crippen LogP contribution in [-0.2, 0) is 6.42 Å². The van der Waals surface area contributed by atoms with Gasteiger partial charge in [-0.15, -0.1) is 0 Å². The fourth-order valence-electron chi connectivity index (χ4n) is 1.88. The zero-order valence-electron chi connectivity index (χ0n) is 9.71. The van der Waals surface area contributed by atoms with Crippen LogP contribution < -0.4 is 0 Å². The van der Waals surface area contributed by atoms with Gasteiger partial charge in [-0.2, -0.15) is 0 Å². The molecule has 0 aliphatic heterocycles. The van der Waals surface area contributed by atoms with Crippen LogP contribution in [0.1, 0.15) is 17.2 Å². The first-order valence-corrected chi connectivity index (χ1v) is 6.33. The predicted octanol–water partition coefficient (Wildman–Crippen LogP) is 4.14. The van der Waals surface area contributed by atoms with Gasteiger partial charge in [0.05, 0.1) is 6.10 Å². The topological polar surface area (TPSA) is 20.2 Å². The van der Waals surface area contributed by atoms with E-state index in [-0.39, 0.29) is 17.5 Å². The number of rotatable bonds is 3. The maximum atomic E-state index is 13.6. The summed E-state index contributed by atoms with van der Waals surface area (Å²) in [5, 5.41) is 10.0. The zero-order chi connectivity index (χ0) is 14.0. The van der Waals surface area contributed by atoms with Crippen LogP contribution in [0.4, 0.5) is 13.2 Å². The van der Waals surface area contributed by atoms with Gasteiger partial charge in [0.15, 0.2) is 0 Å². The van der Waals surface area contributed by atoms with E-state index in [0.29, 0.717) is 4.47 Å². The van der Waals surface area contributed by atoms with E-state index in [2.05, 4.69) is 15.9 Å². The average Bonchev–Trinajstić information content (AvgIpc) is 2.26. The molecule has 0 spiro atoms. The lowest BCUT2D eigenvalue weighted by Gasteiger charge is -2.14. The Kier molecular flexibility index (Phi) is 4.27. The summed E-state index contributed by atoms with van der Waals surface area (Å²) in [4.78, 5) is 0. The minimum absolute atomic E-state index is 0.0752. The Labute approximate surface area is 116 Å². The van der Waals surface area contributed by atoms with Gasteiger partial charge in [0.2, 0.25) is 0 Å². The van der Waals surface area contributed by atoms with Crippen LogP contribution >= 0.6 is 15.9 Å². The second kappa shape index (κ2) is 5.75. The second-order valence-electron chi connectivity index (χ2n) is 4.13. The maximum Gasteiger partial charge on any atom is 0.130 e. The van der Waals surface area contributed by atoms with Gasteiger partial charge in [-0.1, -0.05) is 22.0 Å². The molecule has 2 rings (SSSR count). The molecule has 0 aliphatic rings. The van der Waals surface area contributed by atoms with Gasteiger partial charge in [0.25, 0.3) is 0 Å². The highest BCUT2D eigenvalue weighted by Gasteiger charge is 2.17. The summed E-state index contributed by atoms with van der Waals surface area (Å²) in [6.45, 7) is 0. The van der Waals surface area contributed by atoms with Crippen LogP contribution in [0.2, 0.25) is 0 Å². The zero-order valence-corrected chi connectivity index (χ0v) is 11.3. The third-order valence-corrected chi connectivity index (χ3v) is 3.38. The van der Waals surface area contributed by atoms with E-state index < -0.39 is 23.6 Å². The van der Waals surface area contributed by atoms with Crippen LogP contribution in [0.5, 0.6) is 0 Å². The molecule has 2 aromatic carbocycles. The lowest BCUT2D eigenvalue weighted by molar-refractivity contribution is 0.172. The van der Waals surface area contributed by atoms with Crippen molar-refractivity contribution in [3.63, 3.8) is 0 Å². The smallest absolute Gasteiger partial charge is 0.130 e. The number of hydrogen-bond acceptors (Lipinski definition) is 1.